The van der Waals surface area contributed by atoms with Crippen LogP contribution in [0.1, 0.15) is 25.0 Å². The Balaban J connectivity index is 2.48. The normalized spacial score (nSPS) is 24.5. The molecule has 0 saturated carbocycles. The fourth-order valence-electron chi connectivity index (χ4n) is 2.40. The molecule has 0 amide bonds. The van der Waals surface area contributed by atoms with Gasteiger partial charge in [0.05, 0.1) is 5.75 Å². The minimum absolute atomic E-state index is 0.0271. The van der Waals surface area contributed by atoms with Crippen LogP contribution in [0.5, 0.6) is 0 Å². The molecule has 0 fully saturated rings. The number of carbonyl (C=O) groups excluding carboxylic acids is 1. The largest absolute Gasteiger partial charge is 0.369 e. The van der Waals surface area contributed by atoms with Gasteiger partial charge in [-0.15, -0.1) is 0 Å². The number of guanidine groups is 1. The molecule has 0 unspecified atom stereocenters. The summed E-state index contributed by atoms with van der Waals surface area (Å²) in [4.78, 5) is 15.6. The Morgan fingerprint density at radius 2 is 2.14 bits per heavy atom. The minimum atomic E-state index is -3.49. The first-order valence-electron chi connectivity index (χ1n) is 6.55. The van der Waals surface area contributed by atoms with Gasteiger partial charge >= 0.3 is 0 Å². The van der Waals surface area contributed by atoms with Gasteiger partial charge in [0.2, 0.25) is 16.0 Å². The van der Waals surface area contributed by atoms with Gasteiger partial charge in [0.1, 0.15) is 11.3 Å². The second-order valence-electron chi connectivity index (χ2n) is 5.55. The molecule has 2 rings (SSSR count). The summed E-state index contributed by atoms with van der Waals surface area (Å²) in [5, 5.41) is 0. The van der Waals surface area contributed by atoms with E-state index in [9.17, 15) is 13.2 Å². The Kier molecular flexibility index (Phi) is 3.79. The summed E-state index contributed by atoms with van der Waals surface area (Å²) in [7, 11) is -2.10. The molecule has 0 aliphatic carbocycles. The zero-order valence-corrected chi connectivity index (χ0v) is 13.1. The van der Waals surface area contributed by atoms with Crippen molar-refractivity contribution in [3.8, 4) is 0 Å². The van der Waals surface area contributed by atoms with E-state index in [4.69, 9.17) is 5.73 Å². The Morgan fingerprint density at radius 3 is 2.71 bits per heavy atom. The van der Waals surface area contributed by atoms with Crippen molar-refractivity contribution >= 4 is 21.8 Å². The maximum atomic E-state index is 12.2. The number of hydrogen-bond acceptors (Lipinski definition) is 5. The first kappa shape index (κ1) is 15.5. The van der Waals surface area contributed by atoms with Crippen LogP contribution in [0.3, 0.4) is 0 Å². The van der Waals surface area contributed by atoms with Crippen LogP contribution in [0, 0.1) is 0 Å². The van der Waals surface area contributed by atoms with Crippen molar-refractivity contribution in [2.75, 3.05) is 12.8 Å². The predicted molar refractivity (Wildman–Crippen MR) is 81.4 cm³/mol. The lowest BCUT2D eigenvalue weighted by molar-refractivity contribution is -0.116. The molecule has 114 valence electrons. The lowest BCUT2D eigenvalue weighted by Gasteiger charge is -2.34. The van der Waals surface area contributed by atoms with Gasteiger partial charge in [-0.25, -0.2) is 17.7 Å². The molecule has 1 aromatic rings. The average Bonchev–Trinajstić information content (AvgIpc) is 2.35. The molecule has 6 nitrogen and oxygen atoms in total. The van der Waals surface area contributed by atoms with Crippen molar-refractivity contribution in [2.24, 2.45) is 10.7 Å². The minimum Gasteiger partial charge on any atom is -0.369 e. The highest BCUT2D eigenvalue weighted by atomic mass is 32.2. The van der Waals surface area contributed by atoms with E-state index < -0.39 is 15.6 Å². The summed E-state index contributed by atoms with van der Waals surface area (Å²) in [6.45, 7) is 3.25. The highest BCUT2D eigenvalue weighted by Gasteiger charge is 2.40. The predicted octanol–water partition coefficient (Wildman–Crippen LogP) is 0.623. The third kappa shape index (κ3) is 3.07. The number of hydrogen-bond donors (Lipinski definition) is 1. The Bertz CT molecular complexity index is 712. The van der Waals surface area contributed by atoms with Gasteiger partial charge < -0.3 is 5.73 Å². The number of nitrogens with zero attached hydrogens (tertiary/aromatic N) is 2. The van der Waals surface area contributed by atoms with Gasteiger partial charge in [-0.1, -0.05) is 24.3 Å². The van der Waals surface area contributed by atoms with Crippen LogP contribution in [0.15, 0.2) is 29.3 Å². The number of ketones is 1. The molecule has 0 bridgehead atoms. The highest BCUT2D eigenvalue weighted by Crippen LogP contribution is 2.32. The zero-order valence-electron chi connectivity index (χ0n) is 12.3. The molecule has 1 aliphatic rings. The lowest BCUT2D eigenvalue weighted by atomic mass is 9.92. The number of rotatable bonds is 3. The van der Waals surface area contributed by atoms with Crippen molar-refractivity contribution in [1.29, 1.82) is 0 Å². The Hall–Kier alpha value is -1.89. The third-order valence-electron chi connectivity index (χ3n) is 3.57. The van der Waals surface area contributed by atoms with Crippen molar-refractivity contribution in [3.63, 3.8) is 0 Å². The molecular formula is C14H19N3O3S. The summed E-state index contributed by atoms with van der Waals surface area (Å²) in [6.07, 6.45) is 0.315. The van der Waals surface area contributed by atoms with Crippen LogP contribution in [0.4, 0.5) is 0 Å². The number of sulfonamides is 1. The van der Waals surface area contributed by atoms with Crippen LogP contribution in [0.25, 0.3) is 0 Å². The average molecular weight is 309 g/mol. The van der Waals surface area contributed by atoms with Crippen LogP contribution >= 0.6 is 0 Å². The summed E-state index contributed by atoms with van der Waals surface area (Å²) < 4.78 is 25.3. The third-order valence-corrected chi connectivity index (χ3v) is 5.52. The van der Waals surface area contributed by atoms with Crippen LogP contribution in [-0.2, 0) is 26.8 Å². The second-order valence-corrected chi connectivity index (χ2v) is 7.55. The molecule has 2 N–H and O–H groups in total. The standard InChI is InChI=1S/C14H19N3O3S/c1-10(18)7-11-5-4-6-12(8-11)14(2)9-21(19,20)17(3)13(15)16-14/h4-6,8H,7,9H2,1-3H3,(H2,15,16)/t14-/m0/s1. The van der Waals surface area contributed by atoms with Gasteiger partial charge in [0.15, 0.2) is 0 Å². The quantitative estimate of drug-likeness (QED) is 0.886. The summed E-state index contributed by atoms with van der Waals surface area (Å²) >= 11 is 0. The zero-order chi connectivity index (χ0) is 15.8. The fourth-order valence-corrected chi connectivity index (χ4v) is 3.86. The van der Waals surface area contributed by atoms with Gasteiger partial charge in [-0.3, -0.25) is 4.79 Å². The molecule has 1 aliphatic heterocycles. The monoisotopic (exact) mass is 309 g/mol. The van der Waals surface area contributed by atoms with E-state index >= 15 is 0 Å². The van der Waals surface area contributed by atoms with E-state index in [-0.39, 0.29) is 17.5 Å². The van der Waals surface area contributed by atoms with Crippen molar-refractivity contribution < 1.29 is 13.2 Å². The van der Waals surface area contributed by atoms with E-state index in [1.165, 1.54) is 14.0 Å². The van der Waals surface area contributed by atoms with Crippen molar-refractivity contribution in [1.82, 2.24) is 4.31 Å². The lowest BCUT2D eigenvalue weighted by Crippen LogP contribution is -2.50. The maximum Gasteiger partial charge on any atom is 0.239 e. The molecule has 1 heterocycles. The van der Waals surface area contributed by atoms with Gasteiger partial charge in [0, 0.05) is 13.5 Å². The first-order chi connectivity index (χ1) is 9.64. The van der Waals surface area contributed by atoms with Crippen molar-refractivity contribution in [3.05, 3.63) is 35.4 Å². The molecule has 21 heavy (non-hydrogen) atoms. The fraction of sp³-hybridized carbons (Fsp3) is 0.429. The maximum absolute atomic E-state index is 12.2. The molecule has 0 saturated heterocycles. The SMILES string of the molecule is CC(=O)Cc1cccc([C@]2(C)CS(=O)(=O)N(C)C(N)=N2)c1. The topological polar surface area (TPSA) is 92.8 Å². The molecule has 1 atom stereocenters. The summed E-state index contributed by atoms with van der Waals surface area (Å²) in [5.74, 6) is -0.127. The number of carbonyl (C=O) groups is 1. The van der Waals surface area contributed by atoms with Crippen LogP contribution < -0.4 is 5.73 Å². The number of nitrogens with two attached hydrogens (primary N) is 1. The molecule has 0 radical (unpaired) electrons. The number of aliphatic imine (C=N–C) groups is 1. The number of benzene rings is 1. The molecule has 0 spiro atoms. The van der Waals surface area contributed by atoms with Crippen molar-refractivity contribution in [2.45, 2.75) is 25.8 Å². The molecule has 0 aromatic heterocycles. The van der Waals surface area contributed by atoms with E-state index in [1.54, 1.807) is 19.1 Å². The van der Waals surface area contributed by atoms with E-state index in [2.05, 4.69) is 4.99 Å². The Morgan fingerprint density at radius 1 is 1.48 bits per heavy atom. The van der Waals surface area contributed by atoms with Gasteiger partial charge in [-0.05, 0) is 25.0 Å². The van der Waals surface area contributed by atoms with E-state index in [0.717, 1.165) is 15.4 Å². The second kappa shape index (κ2) is 5.14. The molecule has 7 heteroatoms. The summed E-state index contributed by atoms with van der Waals surface area (Å²) in [6, 6.07) is 7.26. The first-order valence-corrected chi connectivity index (χ1v) is 8.16. The van der Waals surface area contributed by atoms with E-state index in [1.807, 2.05) is 12.1 Å². The Labute approximate surface area is 124 Å². The van der Waals surface area contributed by atoms with Gasteiger partial charge in [-0.2, -0.15) is 0 Å². The van der Waals surface area contributed by atoms with E-state index in [0.29, 0.717) is 6.42 Å². The summed E-state index contributed by atoms with van der Waals surface area (Å²) in [5.41, 5.74) is 6.36. The smallest absolute Gasteiger partial charge is 0.239 e. The van der Waals surface area contributed by atoms with Crippen LogP contribution in [-0.4, -0.2) is 37.3 Å². The molecule has 1 aromatic carbocycles. The van der Waals surface area contributed by atoms with Crippen LogP contribution in [0.2, 0.25) is 0 Å². The number of Topliss-reactive ketones (excluding diaryl/α,β-unsaturated/α-hetero) is 1. The molecular weight excluding hydrogens is 290 g/mol. The highest BCUT2D eigenvalue weighted by molar-refractivity contribution is 7.89. The van der Waals surface area contributed by atoms with Gasteiger partial charge in [0.25, 0.3) is 0 Å².